The molecule has 1 rings (SSSR count). The van der Waals surface area contributed by atoms with Crippen molar-refractivity contribution in [3.05, 3.63) is 12.2 Å². The molecule has 1 aliphatic carbocycles. The molecule has 15 heavy (non-hydrogen) atoms. The zero-order valence-corrected chi connectivity index (χ0v) is 10.2. The Labute approximate surface area is 92.5 Å². The van der Waals surface area contributed by atoms with Crippen molar-refractivity contribution in [3.63, 3.8) is 0 Å². The van der Waals surface area contributed by atoms with Crippen molar-refractivity contribution in [1.29, 1.82) is 0 Å². The van der Waals surface area contributed by atoms with Gasteiger partial charge in [0.05, 0.1) is 5.54 Å². The Morgan fingerprint density at radius 1 is 1.47 bits per heavy atom. The molecular formula is C12H22N2O. The van der Waals surface area contributed by atoms with Crippen LogP contribution in [0.25, 0.3) is 0 Å². The summed E-state index contributed by atoms with van der Waals surface area (Å²) in [5.41, 5.74) is -0.476. The van der Waals surface area contributed by atoms with Gasteiger partial charge >= 0.3 is 0 Å². The first-order valence-corrected chi connectivity index (χ1v) is 5.59. The number of amides is 1. The molecule has 0 saturated heterocycles. The molecule has 0 aromatic carbocycles. The molecule has 0 aromatic rings. The topological polar surface area (TPSA) is 32.3 Å². The van der Waals surface area contributed by atoms with Crippen LogP contribution < -0.4 is 5.32 Å². The summed E-state index contributed by atoms with van der Waals surface area (Å²) in [4.78, 5) is 13.5. The van der Waals surface area contributed by atoms with E-state index in [4.69, 9.17) is 0 Å². The minimum Gasteiger partial charge on any atom is -0.347 e. The highest BCUT2D eigenvalue weighted by Crippen LogP contribution is 2.15. The van der Waals surface area contributed by atoms with E-state index in [0.717, 1.165) is 6.42 Å². The molecule has 1 atom stereocenters. The number of hydrogen-bond donors (Lipinski definition) is 1. The van der Waals surface area contributed by atoms with Crippen molar-refractivity contribution in [2.45, 2.75) is 44.7 Å². The fraction of sp³-hybridized carbons (Fsp3) is 0.750. The maximum Gasteiger partial charge on any atom is 0.241 e. The summed E-state index contributed by atoms with van der Waals surface area (Å²) in [6.45, 7) is 3.88. The Balaban J connectivity index is 2.58. The fourth-order valence-corrected chi connectivity index (χ4v) is 2.02. The van der Waals surface area contributed by atoms with Gasteiger partial charge in [-0.15, -0.1) is 0 Å². The molecule has 0 aliphatic heterocycles. The highest BCUT2D eigenvalue weighted by atomic mass is 16.2. The van der Waals surface area contributed by atoms with E-state index in [9.17, 15) is 4.79 Å². The number of nitrogens with one attached hydrogen (secondary N) is 1. The van der Waals surface area contributed by atoms with Crippen LogP contribution in [0, 0.1) is 0 Å². The SMILES string of the molecule is CN(C)C(=O)C(C)(C)NC1C=CCCC1. The zero-order valence-electron chi connectivity index (χ0n) is 10.2. The first kappa shape index (κ1) is 12.2. The molecule has 0 radical (unpaired) electrons. The standard InChI is InChI=1S/C12H22N2O/c1-12(2,11(15)14(3)4)13-10-8-6-5-7-9-10/h6,8,10,13H,5,7,9H2,1-4H3. The summed E-state index contributed by atoms with van der Waals surface area (Å²) in [6, 6.07) is 0.345. The van der Waals surface area contributed by atoms with Crippen molar-refractivity contribution >= 4 is 5.91 Å². The van der Waals surface area contributed by atoms with Crippen LogP contribution in [0.5, 0.6) is 0 Å². The molecule has 0 fully saturated rings. The Bertz CT molecular complexity index is 256. The van der Waals surface area contributed by atoms with E-state index in [0.29, 0.717) is 6.04 Å². The quantitative estimate of drug-likeness (QED) is 0.717. The number of rotatable bonds is 3. The van der Waals surface area contributed by atoms with Crippen LogP contribution in [-0.4, -0.2) is 36.5 Å². The van der Waals surface area contributed by atoms with E-state index < -0.39 is 5.54 Å². The van der Waals surface area contributed by atoms with Gasteiger partial charge in [0.1, 0.15) is 0 Å². The highest BCUT2D eigenvalue weighted by Gasteiger charge is 2.30. The van der Waals surface area contributed by atoms with E-state index in [1.54, 1.807) is 19.0 Å². The van der Waals surface area contributed by atoms with Gasteiger partial charge in [0.15, 0.2) is 0 Å². The molecule has 0 heterocycles. The molecule has 0 aromatic heterocycles. The lowest BCUT2D eigenvalue weighted by Crippen LogP contribution is -2.55. The van der Waals surface area contributed by atoms with Crippen LogP contribution in [0.4, 0.5) is 0 Å². The molecule has 1 N–H and O–H groups in total. The van der Waals surface area contributed by atoms with Crippen LogP contribution in [0.1, 0.15) is 33.1 Å². The van der Waals surface area contributed by atoms with Gasteiger partial charge in [-0.05, 0) is 33.1 Å². The van der Waals surface area contributed by atoms with E-state index in [-0.39, 0.29) is 5.91 Å². The molecule has 0 bridgehead atoms. The lowest BCUT2D eigenvalue weighted by atomic mass is 9.97. The highest BCUT2D eigenvalue weighted by molar-refractivity contribution is 5.85. The number of likely N-dealkylation sites (N-methyl/N-ethyl adjacent to an activating group) is 1. The lowest BCUT2D eigenvalue weighted by Gasteiger charge is -2.32. The van der Waals surface area contributed by atoms with E-state index >= 15 is 0 Å². The second-order valence-electron chi connectivity index (χ2n) is 4.93. The first-order chi connectivity index (χ1) is 6.93. The van der Waals surface area contributed by atoms with Crippen molar-refractivity contribution in [2.24, 2.45) is 0 Å². The summed E-state index contributed by atoms with van der Waals surface area (Å²) in [5.74, 6) is 0.126. The Hall–Kier alpha value is -0.830. The number of allylic oxidation sites excluding steroid dienone is 1. The van der Waals surface area contributed by atoms with Crippen molar-refractivity contribution < 1.29 is 4.79 Å². The van der Waals surface area contributed by atoms with Gasteiger partial charge in [-0.3, -0.25) is 10.1 Å². The Morgan fingerprint density at radius 3 is 2.60 bits per heavy atom. The monoisotopic (exact) mass is 210 g/mol. The fourth-order valence-electron chi connectivity index (χ4n) is 2.02. The van der Waals surface area contributed by atoms with Gasteiger partial charge in [0.25, 0.3) is 0 Å². The van der Waals surface area contributed by atoms with Gasteiger partial charge in [-0.25, -0.2) is 0 Å². The second-order valence-corrected chi connectivity index (χ2v) is 4.93. The number of hydrogen-bond acceptors (Lipinski definition) is 2. The lowest BCUT2D eigenvalue weighted by molar-refractivity contribution is -0.134. The van der Waals surface area contributed by atoms with Crippen LogP contribution >= 0.6 is 0 Å². The first-order valence-electron chi connectivity index (χ1n) is 5.59. The van der Waals surface area contributed by atoms with Crippen molar-refractivity contribution in [1.82, 2.24) is 10.2 Å². The summed E-state index contributed by atoms with van der Waals surface area (Å²) in [7, 11) is 3.59. The Morgan fingerprint density at radius 2 is 2.13 bits per heavy atom. The summed E-state index contributed by atoms with van der Waals surface area (Å²) in [6.07, 6.45) is 7.87. The molecular weight excluding hydrogens is 188 g/mol. The maximum atomic E-state index is 11.9. The average Bonchev–Trinajstić information content (AvgIpc) is 2.17. The average molecular weight is 210 g/mol. The largest absolute Gasteiger partial charge is 0.347 e. The summed E-state index contributed by atoms with van der Waals surface area (Å²) >= 11 is 0. The summed E-state index contributed by atoms with van der Waals surface area (Å²) < 4.78 is 0. The third-order valence-electron chi connectivity index (χ3n) is 2.74. The molecule has 3 nitrogen and oxygen atoms in total. The van der Waals surface area contributed by atoms with Crippen molar-refractivity contribution in [2.75, 3.05) is 14.1 Å². The molecule has 3 heteroatoms. The molecule has 86 valence electrons. The number of carbonyl (C=O) groups excluding carboxylic acids is 1. The minimum atomic E-state index is -0.476. The maximum absolute atomic E-state index is 11.9. The predicted octanol–water partition coefficient (Wildman–Crippen LogP) is 1.55. The normalized spacial score (nSPS) is 21.5. The van der Waals surface area contributed by atoms with Gasteiger partial charge in [0.2, 0.25) is 5.91 Å². The van der Waals surface area contributed by atoms with E-state index in [1.165, 1.54) is 12.8 Å². The van der Waals surface area contributed by atoms with Gasteiger partial charge in [-0.2, -0.15) is 0 Å². The van der Waals surface area contributed by atoms with Crippen LogP contribution in [0.15, 0.2) is 12.2 Å². The molecule has 0 spiro atoms. The van der Waals surface area contributed by atoms with Gasteiger partial charge in [0, 0.05) is 20.1 Å². The zero-order chi connectivity index (χ0) is 11.5. The van der Waals surface area contributed by atoms with Crippen LogP contribution in [0.2, 0.25) is 0 Å². The predicted molar refractivity (Wildman–Crippen MR) is 62.7 cm³/mol. The number of nitrogens with zero attached hydrogens (tertiary/aromatic N) is 1. The van der Waals surface area contributed by atoms with E-state index in [2.05, 4.69) is 17.5 Å². The van der Waals surface area contributed by atoms with Gasteiger partial charge in [-0.1, -0.05) is 12.2 Å². The molecule has 1 aliphatic rings. The minimum absolute atomic E-state index is 0.126. The van der Waals surface area contributed by atoms with Gasteiger partial charge < -0.3 is 4.90 Å². The Kier molecular flexibility index (Phi) is 3.91. The summed E-state index contributed by atoms with van der Waals surface area (Å²) in [5, 5.41) is 3.40. The molecule has 0 saturated carbocycles. The number of carbonyl (C=O) groups is 1. The van der Waals surface area contributed by atoms with E-state index in [1.807, 2.05) is 13.8 Å². The second kappa shape index (κ2) is 4.79. The smallest absolute Gasteiger partial charge is 0.241 e. The third-order valence-corrected chi connectivity index (χ3v) is 2.74. The van der Waals surface area contributed by atoms with Crippen LogP contribution in [-0.2, 0) is 4.79 Å². The van der Waals surface area contributed by atoms with Crippen molar-refractivity contribution in [3.8, 4) is 0 Å². The molecule has 1 unspecified atom stereocenters. The third kappa shape index (κ3) is 3.34. The molecule has 1 amide bonds. The van der Waals surface area contributed by atoms with Crippen LogP contribution in [0.3, 0.4) is 0 Å².